The predicted octanol–water partition coefficient (Wildman–Crippen LogP) is 2.21. The molecule has 0 spiro atoms. The van der Waals surface area contributed by atoms with Crippen molar-refractivity contribution in [2.45, 2.75) is 32.4 Å². The first-order valence-corrected chi connectivity index (χ1v) is 10.9. The fraction of sp³-hybridized carbons (Fsp3) is 0.300. The van der Waals surface area contributed by atoms with Crippen molar-refractivity contribution < 1.29 is 18.9 Å². The van der Waals surface area contributed by atoms with Crippen LogP contribution in [0.3, 0.4) is 0 Å². The molecular weight excluding hydrogens is 394 g/mol. The van der Waals surface area contributed by atoms with Crippen molar-refractivity contribution in [3.05, 3.63) is 62.6 Å². The fourth-order valence-corrected chi connectivity index (χ4v) is 5.74. The summed E-state index contributed by atoms with van der Waals surface area (Å²) in [6.45, 7) is 1.62. The lowest BCUT2D eigenvalue weighted by Crippen LogP contribution is -3.10. The van der Waals surface area contributed by atoms with Crippen molar-refractivity contribution in [3.8, 4) is 0 Å². The van der Waals surface area contributed by atoms with E-state index in [0.717, 1.165) is 42.0 Å². The Balaban J connectivity index is 1.48. The molecule has 146 valence electrons. The van der Waals surface area contributed by atoms with Crippen molar-refractivity contribution in [2.24, 2.45) is 5.73 Å². The van der Waals surface area contributed by atoms with Crippen molar-refractivity contribution >= 4 is 39.5 Å². The Morgan fingerprint density at radius 1 is 1.21 bits per heavy atom. The van der Waals surface area contributed by atoms with Gasteiger partial charge in [-0.1, -0.05) is 6.07 Å². The minimum Gasteiger partial charge on any atom is -0.463 e. The molecule has 0 aliphatic heterocycles. The number of thiophene rings is 2. The molecule has 0 radical (unpaired) electrons. The van der Waals surface area contributed by atoms with E-state index in [1.54, 1.807) is 17.6 Å². The number of carbonyl (C=O) groups is 2. The molecule has 0 bridgehead atoms. The molecule has 0 saturated heterocycles. The highest BCUT2D eigenvalue weighted by molar-refractivity contribution is 7.17. The summed E-state index contributed by atoms with van der Waals surface area (Å²) < 4.78 is 5.47. The summed E-state index contributed by atoms with van der Waals surface area (Å²) >= 11 is 3.16. The number of anilines is 1. The highest BCUT2D eigenvalue weighted by atomic mass is 32.1. The number of hydrogen-bond acceptors (Lipinski definition) is 5. The first-order valence-electron chi connectivity index (χ1n) is 9.22. The van der Waals surface area contributed by atoms with Crippen LogP contribution >= 0.6 is 22.7 Å². The van der Waals surface area contributed by atoms with Gasteiger partial charge >= 0.3 is 0 Å². The Bertz CT molecular complexity index is 925. The molecule has 3 aromatic heterocycles. The quantitative estimate of drug-likeness (QED) is 0.526. The average molecular weight is 417 g/mol. The van der Waals surface area contributed by atoms with Crippen LogP contribution in [0, 0.1) is 0 Å². The number of rotatable bonds is 8. The maximum atomic E-state index is 12.8. The summed E-state index contributed by atoms with van der Waals surface area (Å²) in [7, 11) is 0. The molecule has 1 aliphatic carbocycles. The Kier molecular flexibility index (Phi) is 5.61. The lowest BCUT2D eigenvalue weighted by molar-refractivity contribution is -0.920. The molecule has 6 nitrogen and oxygen atoms in total. The molecule has 3 heterocycles. The standard InChI is InChI=1S/C20H21N3O3S2/c21-19(25)18-15-6-1-7-16(15)28-20(18)22-17(24)12-23(10-13-4-2-8-26-13)11-14-5-3-9-27-14/h2-5,8-9H,1,6-7,10-12H2,(H2,21,25)(H,22,24)/p+1. The Labute approximate surface area is 171 Å². The van der Waals surface area contributed by atoms with Crippen molar-refractivity contribution in [1.82, 2.24) is 0 Å². The third kappa shape index (κ3) is 4.19. The van der Waals surface area contributed by atoms with Gasteiger partial charge in [-0.2, -0.15) is 0 Å². The zero-order valence-electron chi connectivity index (χ0n) is 15.3. The van der Waals surface area contributed by atoms with Crippen LogP contribution in [0.4, 0.5) is 5.00 Å². The molecule has 4 rings (SSSR count). The number of amides is 2. The molecule has 0 saturated carbocycles. The Morgan fingerprint density at radius 3 is 2.82 bits per heavy atom. The van der Waals surface area contributed by atoms with Gasteiger partial charge in [0.05, 0.1) is 16.7 Å². The molecular formula is C20H22N3O3S2+. The van der Waals surface area contributed by atoms with E-state index in [1.807, 2.05) is 23.6 Å². The summed E-state index contributed by atoms with van der Waals surface area (Å²) in [5.74, 6) is 0.251. The fourth-order valence-electron chi connectivity index (χ4n) is 3.66. The highest BCUT2D eigenvalue weighted by Gasteiger charge is 2.27. The van der Waals surface area contributed by atoms with Crippen LogP contribution in [-0.4, -0.2) is 18.4 Å². The number of nitrogens with two attached hydrogens (primary N) is 1. The smallest absolute Gasteiger partial charge is 0.280 e. The van der Waals surface area contributed by atoms with Crippen molar-refractivity contribution in [3.63, 3.8) is 0 Å². The maximum Gasteiger partial charge on any atom is 0.280 e. The lowest BCUT2D eigenvalue weighted by atomic mass is 10.1. The molecule has 1 unspecified atom stereocenters. The maximum absolute atomic E-state index is 12.8. The molecule has 3 aromatic rings. The monoisotopic (exact) mass is 416 g/mol. The number of nitrogens with one attached hydrogen (secondary N) is 2. The second-order valence-electron chi connectivity index (χ2n) is 6.91. The van der Waals surface area contributed by atoms with Gasteiger partial charge < -0.3 is 20.4 Å². The molecule has 28 heavy (non-hydrogen) atoms. The molecule has 1 atom stereocenters. The number of hydrogen-bond donors (Lipinski definition) is 3. The van der Waals surface area contributed by atoms with E-state index < -0.39 is 5.91 Å². The van der Waals surface area contributed by atoms with Gasteiger partial charge in [0.25, 0.3) is 11.8 Å². The van der Waals surface area contributed by atoms with E-state index in [0.29, 0.717) is 17.1 Å². The SMILES string of the molecule is NC(=O)c1c(NC(=O)C[NH+](Cc2ccco2)Cc2cccs2)sc2c1CCC2. The minimum atomic E-state index is -0.465. The van der Waals surface area contributed by atoms with Gasteiger partial charge in [-0.15, -0.1) is 22.7 Å². The van der Waals surface area contributed by atoms with Gasteiger partial charge in [0.2, 0.25) is 0 Å². The third-order valence-electron chi connectivity index (χ3n) is 4.84. The van der Waals surface area contributed by atoms with E-state index in [4.69, 9.17) is 10.2 Å². The van der Waals surface area contributed by atoms with Crippen LogP contribution in [0.2, 0.25) is 0 Å². The number of aryl methyl sites for hydroxylation is 1. The van der Waals surface area contributed by atoms with E-state index in [9.17, 15) is 9.59 Å². The molecule has 8 heteroatoms. The van der Waals surface area contributed by atoms with Gasteiger partial charge in [0.15, 0.2) is 12.3 Å². The second kappa shape index (κ2) is 8.30. The second-order valence-corrected chi connectivity index (χ2v) is 9.05. The van der Waals surface area contributed by atoms with Gasteiger partial charge in [0, 0.05) is 4.88 Å². The van der Waals surface area contributed by atoms with Crippen LogP contribution in [0.1, 0.15) is 37.9 Å². The number of furan rings is 1. The molecule has 4 N–H and O–H groups in total. The van der Waals surface area contributed by atoms with E-state index in [2.05, 4.69) is 11.4 Å². The lowest BCUT2D eigenvalue weighted by Gasteiger charge is -2.17. The highest BCUT2D eigenvalue weighted by Crippen LogP contribution is 2.38. The van der Waals surface area contributed by atoms with E-state index in [1.165, 1.54) is 21.1 Å². The van der Waals surface area contributed by atoms with Gasteiger partial charge in [-0.3, -0.25) is 9.59 Å². The molecule has 1 aliphatic rings. The van der Waals surface area contributed by atoms with Crippen molar-refractivity contribution in [1.29, 1.82) is 0 Å². The number of carbonyl (C=O) groups excluding carboxylic acids is 2. The number of fused-ring (bicyclic) bond motifs is 1. The largest absolute Gasteiger partial charge is 0.463 e. The van der Waals surface area contributed by atoms with Crippen LogP contribution in [0.25, 0.3) is 0 Å². The molecule has 0 fully saturated rings. The first-order chi connectivity index (χ1) is 13.6. The summed E-state index contributed by atoms with van der Waals surface area (Å²) in [6.07, 6.45) is 4.49. The van der Waals surface area contributed by atoms with E-state index in [-0.39, 0.29) is 12.5 Å². The zero-order valence-corrected chi connectivity index (χ0v) is 17.0. The van der Waals surface area contributed by atoms with Crippen LogP contribution in [-0.2, 0) is 30.7 Å². The van der Waals surface area contributed by atoms with Gasteiger partial charge in [-0.05, 0) is 48.4 Å². The predicted molar refractivity (Wildman–Crippen MR) is 110 cm³/mol. The zero-order chi connectivity index (χ0) is 19.5. The number of quaternary nitrogens is 1. The summed E-state index contributed by atoms with van der Waals surface area (Å²) in [4.78, 5) is 28.2. The summed E-state index contributed by atoms with van der Waals surface area (Å²) in [6, 6.07) is 7.85. The van der Waals surface area contributed by atoms with Crippen LogP contribution in [0.5, 0.6) is 0 Å². The first kappa shape index (κ1) is 18.9. The van der Waals surface area contributed by atoms with Gasteiger partial charge in [-0.25, -0.2) is 0 Å². The van der Waals surface area contributed by atoms with Crippen molar-refractivity contribution in [2.75, 3.05) is 11.9 Å². The molecule has 0 aromatic carbocycles. The Morgan fingerprint density at radius 2 is 2.11 bits per heavy atom. The summed E-state index contributed by atoms with van der Waals surface area (Å²) in [5, 5.41) is 5.57. The minimum absolute atomic E-state index is 0.125. The average Bonchev–Trinajstić information content (AvgIpc) is 3.39. The summed E-state index contributed by atoms with van der Waals surface area (Å²) in [5.41, 5.74) is 7.11. The normalized spacial score (nSPS) is 14.0. The van der Waals surface area contributed by atoms with Crippen LogP contribution in [0.15, 0.2) is 40.3 Å². The topological polar surface area (TPSA) is 89.8 Å². The van der Waals surface area contributed by atoms with Crippen LogP contribution < -0.4 is 16.0 Å². The molecule has 2 amide bonds. The van der Waals surface area contributed by atoms with Gasteiger partial charge in [0.1, 0.15) is 18.1 Å². The number of primary amides is 1. The van der Waals surface area contributed by atoms with E-state index >= 15 is 0 Å². The third-order valence-corrected chi connectivity index (χ3v) is 6.92. The Hall–Kier alpha value is -2.42.